The number of benzene rings is 2. The van der Waals surface area contributed by atoms with Gasteiger partial charge in [0.1, 0.15) is 12.7 Å². The highest BCUT2D eigenvalue weighted by molar-refractivity contribution is 5.93. The third kappa shape index (κ3) is 4.45. The van der Waals surface area contributed by atoms with E-state index in [9.17, 15) is 9.59 Å². The van der Waals surface area contributed by atoms with Gasteiger partial charge < -0.3 is 14.6 Å². The van der Waals surface area contributed by atoms with Gasteiger partial charge in [-0.1, -0.05) is 36.4 Å². The first-order valence-electron chi connectivity index (χ1n) is 8.31. The predicted molar refractivity (Wildman–Crippen MR) is 91.0 cm³/mol. The molecule has 4 rings (SSSR count). The summed E-state index contributed by atoms with van der Waals surface area (Å²) in [4.78, 5) is 22.5. The number of carbonyl (C=O) groups excluding carboxylic acids is 2. The van der Waals surface area contributed by atoms with Gasteiger partial charge in [-0.2, -0.15) is 0 Å². The first kappa shape index (κ1) is 17.2. The standard InChI is InChI=1S/C12H14O3.C8H6O2/c13-8-11(9-6-7-9)15-12(14)10-4-2-1-3-5-10;9-8-7-4-2-1-3-6(7)5-10-8/h1-5,9,11,13H,6-8H2;1-4H,5H2. The van der Waals surface area contributed by atoms with Crippen molar-refractivity contribution in [2.24, 2.45) is 5.92 Å². The highest BCUT2D eigenvalue weighted by Crippen LogP contribution is 2.34. The maximum absolute atomic E-state index is 11.6. The fourth-order valence-electron chi connectivity index (χ4n) is 2.60. The molecule has 1 atom stereocenters. The predicted octanol–water partition coefficient (Wildman–Crippen LogP) is 2.97. The molecule has 25 heavy (non-hydrogen) atoms. The van der Waals surface area contributed by atoms with Crippen LogP contribution in [0.3, 0.4) is 0 Å². The van der Waals surface area contributed by atoms with Crippen LogP contribution in [0.1, 0.15) is 39.1 Å². The van der Waals surface area contributed by atoms with Gasteiger partial charge in [-0.05, 0) is 37.0 Å². The molecule has 1 saturated carbocycles. The van der Waals surface area contributed by atoms with Crippen LogP contribution in [0.5, 0.6) is 0 Å². The molecular weight excluding hydrogens is 320 g/mol. The first-order valence-corrected chi connectivity index (χ1v) is 8.31. The lowest BCUT2D eigenvalue weighted by Crippen LogP contribution is -2.24. The van der Waals surface area contributed by atoms with Crippen LogP contribution in [0.15, 0.2) is 54.6 Å². The minimum absolute atomic E-state index is 0.0801. The number of hydrogen-bond donors (Lipinski definition) is 1. The largest absolute Gasteiger partial charge is 0.457 e. The number of hydrogen-bond acceptors (Lipinski definition) is 5. The molecule has 1 aliphatic carbocycles. The van der Waals surface area contributed by atoms with Crippen LogP contribution < -0.4 is 0 Å². The Morgan fingerprint density at radius 2 is 1.80 bits per heavy atom. The molecular formula is C20H20O5. The van der Waals surface area contributed by atoms with Crippen molar-refractivity contribution in [2.45, 2.75) is 25.6 Å². The Labute approximate surface area is 146 Å². The normalized spacial score (nSPS) is 16.1. The van der Waals surface area contributed by atoms with E-state index in [2.05, 4.69) is 0 Å². The summed E-state index contributed by atoms with van der Waals surface area (Å²) < 4.78 is 10.0. The van der Waals surface area contributed by atoms with Crippen molar-refractivity contribution in [2.75, 3.05) is 6.61 Å². The molecule has 0 saturated heterocycles. The van der Waals surface area contributed by atoms with Gasteiger partial charge in [-0.3, -0.25) is 0 Å². The molecule has 0 bridgehead atoms. The average Bonchev–Trinajstić information content (AvgIpc) is 3.44. The summed E-state index contributed by atoms with van der Waals surface area (Å²) in [6.07, 6.45) is 1.78. The van der Waals surface area contributed by atoms with Gasteiger partial charge in [0.2, 0.25) is 0 Å². The number of rotatable bonds is 4. The Hall–Kier alpha value is -2.66. The molecule has 5 nitrogen and oxygen atoms in total. The lowest BCUT2D eigenvalue weighted by Gasteiger charge is -2.14. The number of aliphatic hydroxyl groups is 1. The summed E-state index contributed by atoms with van der Waals surface area (Å²) in [5.41, 5.74) is 2.24. The summed E-state index contributed by atoms with van der Waals surface area (Å²) >= 11 is 0. The number of carbonyl (C=O) groups is 2. The van der Waals surface area contributed by atoms with Crippen molar-refractivity contribution in [1.82, 2.24) is 0 Å². The van der Waals surface area contributed by atoms with E-state index in [4.69, 9.17) is 14.6 Å². The van der Waals surface area contributed by atoms with Gasteiger partial charge in [-0.25, -0.2) is 9.59 Å². The molecule has 0 radical (unpaired) electrons. The molecule has 1 aliphatic heterocycles. The second-order valence-corrected chi connectivity index (χ2v) is 6.06. The topological polar surface area (TPSA) is 72.8 Å². The molecule has 1 unspecified atom stereocenters. The Balaban J connectivity index is 0.000000157. The fourth-order valence-corrected chi connectivity index (χ4v) is 2.60. The quantitative estimate of drug-likeness (QED) is 0.866. The van der Waals surface area contributed by atoms with Crippen molar-refractivity contribution in [3.63, 3.8) is 0 Å². The molecule has 2 aromatic rings. The summed E-state index contributed by atoms with van der Waals surface area (Å²) in [6, 6.07) is 16.3. The van der Waals surface area contributed by atoms with E-state index in [1.807, 2.05) is 24.3 Å². The summed E-state index contributed by atoms with van der Waals surface area (Å²) in [7, 11) is 0. The van der Waals surface area contributed by atoms with Crippen LogP contribution in [0, 0.1) is 5.92 Å². The van der Waals surface area contributed by atoms with Crippen LogP contribution in [0.2, 0.25) is 0 Å². The lowest BCUT2D eigenvalue weighted by molar-refractivity contribution is 0.00691. The molecule has 1 heterocycles. The van der Waals surface area contributed by atoms with E-state index >= 15 is 0 Å². The van der Waals surface area contributed by atoms with Crippen molar-refractivity contribution in [3.8, 4) is 0 Å². The third-order valence-corrected chi connectivity index (χ3v) is 4.19. The number of cyclic esters (lactones) is 1. The monoisotopic (exact) mass is 340 g/mol. The zero-order chi connectivity index (χ0) is 17.6. The van der Waals surface area contributed by atoms with Crippen molar-refractivity contribution < 1.29 is 24.2 Å². The van der Waals surface area contributed by atoms with Crippen LogP contribution in [0.25, 0.3) is 0 Å². The number of aliphatic hydroxyl groups excluding tert-OH is 1. The second kappa shape index (κ2) is 7.94. The Bertz CT molecular complexity index is 737. The molecule has 0 spiro atoms. The highest BCUT2D eigenvalue weighted by Gasteiger charge is 2.33. The van der Waals surface area contributed by atoms with E-state index < -0.39 is 0 Å². The van der Waals surface area contributed by atoms with Gasteiger partial charge in [0.15, 0.2) is 0 Å². The smallest absolute Gasteiger partial charge is 0.338 e. The van der Waals surface area contributed by atoms with Crippen molar-refractivity contribution >= 4 is 11.9 Å². The number of esters is 2. The van der Waals surface area contributed by atoms with Crippen LogP contribution in [-0.4, -0.2) is 29.8 Å². The van der Waals surface area contributed by atoms with Gasteiger partial charge in [0.05, 0.1) is 17.7 Å². The zero-order valence-corrected chi connectivity index (χ0v) is 13.8. The summed E-state index contributed by atoms with van der Waals surface area (Å²) in [6.45, 7) is 0.359. The van der Waals surface area contributed by atoms with Gasteiger partial charge in [0, 0.05) is 5.56 Å². The van der Waals surface area contributed by atoms with Crippen LogP contribution in [-0.2, 0) is 16.1 Å². The summed E-state index contributed by atoms with van der Waals surface area (Å²) in [5, 5.41) is 9.06. The minimum atomic E-state index is -0.346. The van der Waals surface area contributed by atoms with Crippen LogP contribution in [0.4, 0.5) is 0 Å². The molecule has 1 N–H and O–H groups in total. The second-order valence-electron chi connectivity index (χ2n) is 6.06. The average molecular weight is 340 g/mol. The van der Waals surface area contributed by atoms with E-state index in [1.54, 1.807) is 30.3 Å². The van der Waals surface area contributed by atoms with Gasteiger partial charge in [-0.15, -0.1) is 0 Å². The molecule has 2 aromatic carbocycles. The summed E-state index contributed by atoms with van der Waals surface area (Å²) in [5.74, 6) is -0.181. The Morgan fingerprint density at radius 3 is 2.44 bits per heavy atom. The molecule has 0 aromatic heterocycles. The molecule has 0 amide bonds. The minimum Gasteiger partial charge on any atom is -0.457 e. The number of ether oxygens (including phenoxy) is 2. The van der Waals surface area contributed by atoms with E-state index in [1.165, 1.54) is 0 Å². The lowest BCUT2D eigenvalue weighted by atomic mass is 10.1. The van der Waals surface area contributed by atoms with Crippen LogP contribution >= 0.6 is 0 Å². The zero-order valence-electron chi connectivity index (χ0n) is 13.8. The maximum atomic E-state index is 11.6. The Morgan fingerprint density at radius 1 is 1.12 bits per heavy atom. The maximum Gasteiger partial charge on any atom is 0.338 e. The van der Waals surface area contributed by atoms with E-state index in [-0.39, 0.29) is 24.6 Å². The molecule has 2 aliphatic rings. The van der Waals surface area contributed by atoms with E-state index in [0.29, 0.717) is 23.7 Å². The van der Waals surface area contributed by atoms with Crippen molar-refractivity contribution in [3.05, 3.63) is 71.3 Å². The van der Waals surface area contributed by atoms with Gasteiger partial charge >= 0.3 is 11.9 Å². The Kier molecular flexibility index (Phi) is 5.46. The first-order chi connectivity index (χ1) is 12.2. The molecule has 5 heteroatoms. The molecule has 1 fully saturated rings. The highest BCUT2D eigenvalue weighted by atomic mass is 16.6. The number of fused-ring (bicyclic) bond motifs is 1. The molecule has 130 valence electrons. The van der Waals surface area contributed by atoms with Gasteiger partial charge in [0.25, 0.3) is 0 Å². The van der Waals surface area contributed by atoms with Crippen molar-refractivity contribution in [1.29, 1.82) is 0 Å². The fraction of sp³-hybridized carbons (Fsp3) is 0.300. The van der Waals surface area contributed by atoms with E-state index in [0.717, 1.165) is 18.4 Å². The third-order valence-electron chi connectivity index (χ3n) is 4.19. The SMILES string of the molecule is O=C(OC(CO)C1CC1)c1ccccc1.O=C1OCc2ccccc21.